The Kier molecular flexibility index (Phi) is 5.24. The van der Waals surface area contributed by atoms with Crippen LogP contribution in [0.4, 0.5) is 0 Å². The van der Waals surface area contributed by atoms with E-state index >= 15 is 0 Å². The highest BCUT2D eigenvalue weighted by Gasteiger charge is 2.54. The standard InChI is InChI=1S/C25H29N3O4/c1-15-13-28(20-19(29)14-32-21(15)20)24(31)22(25(2)9-3-4-10-25)27-23(30)17-7-8-18-16(12-17)6-5-11-26-18/h5-8,11-12,15,20-22H,3-4,9-10,13-14H2,1-2H3,(H,27,30)/t15-,20+,21+,22+/m0/s1. The number of fused-ring (bicyclic) bond motifs is 2. The third kappa shape index (κ3) is 3.48. The highest BCUT2D eigenvalue weighted by atomic mass is 16.5. The first-order valence-corrected chi connectivity index (χ1v) is 11.5. The van der Waals surface area contributed by atoms with Crippen molar-refractivity contribution in [2.45, 2.75) is 57.7 Å². The Hall–Kier alpha value is -2.80. The molecule has 0 bridgehead atoms. The van der Waals surface area contributed by atoms with Crippen LogP contribution in [0.5, 0.6) is 0 Å². The summed E-state index contributed by atoms with van der Waals surface area (Å²) < 4.78 is 5.67. The van der Waals surface area contributed by atoms with Crippen LogP contribution >= 0.6 is 0 Å². The third-order valence-electron chi connectivity index (χ3n) is 7.55. The minimum Gasteiger partial charge on any atom is -0.367 e. The van der Waals surface area contributed by atoms with Crippen molar-refractivity contribution in [2.24, 2.45) is 11.3 Å². The van der Waals surface area contributed by atoms with Gasteiger partial charge in [0.2, 0.25) is 5.91 Å². The molecule has 7 heteroatoms. The molecule has 5 rings (SSSR count). The van der Waals surface area contributed by atoms with Crippen molar-refractivity contribution >= 4 is 28.5 Å². The van der Waals surface area contributed by atoms with Crippen molar-refractivity contribution in [2.75, 3.05) is 13.2 Å². The molecular weight excluding hydrogens is 406 g/mol. The molecule has 1 aromatic heterocycles. The number of carbonyl (C=O) groups excluding carboxylic acids is 3. The number of aromatic nitrogens is 1. The molecule has 1 aromatic carbocycles. The molecule has 1 aliphatic carbocycles. The second kappa shape index (κ2) is 7.96. The number of rotatable bonds is 4. The van der Waals surface area contributed by atoms with E-state index in [2.05, 4.69) is 17.2 Å². The molecule has 168 valence electrons. The molecule has 0 radical (unpaired) electrons. The second-order valence-corrected chi connectivity index (χ2v) is 9.83. The SMILES string of the molecule is C[C@H]1CN(C(=O)[C@@H](NC(=O)c2ccc3ncccc3c2)C2(C)CCCC2)[C@@H]2C(=O)CO[C@@H]21. The number of hydrogen-bond donors (Lipinski definition) is 1. The van der Waals surface area contributed by atoms with Gasteiger partial charge in [-0.05, 0) is 42.5 Å². The summed E-state index contributed by atoms with van der Waals surface area (Å²) >= 11 is 0. The van der Waals surface area contributed by atoms with Crippen molar-refractivity contribution < 1.29 is 19.1 Å². The van der Waals surface area contributed by atoms with Gasteiger partial charge in [0, 0.05) is 29.6 Å². The van der Waals surface area contributed by atoms with Crippen molar-refractivity contribution in [3.05, 3.63) is 42.1 Å². The largest absolute Gasteiger partial charge is 0.367 e. The van der Waals surface area contributed by atoms with Crippen LogP contribution in [0, 0.1) is 11.3 Å². The lowest BCUT2D eigenvalue weighted by Gasteiger charge is -2.37. The number of nitrogens with zero attached hydrogens (tertiary/aromatic N) is 2. The van der Waals surface area contributed by atoms with E-state index in [1.54, 1.807) is 23.2 Å². The monoisotopic (exact) mass is 435 g/mol. The molecule has 3 aliphatic rings. The third-order valence-corrected chi connectivity index (χ3v) is 7.55. The maximum absolute atomic E-state index is 13.8. The van der Waals surface area contributed by atoms with Gasteiger partial charge in [-0.2, -0.15) is 0 Å². The molecule has 32 heavy (non-hydrogen) atoms. The Morgan fingerprint density at radius 1 is 1.25 bits per heavy atom. The van der Waals surface area contributed by atoms with E-state index in [0.717, 1.165) is 36.6 Å². The molecule has 3 heterocycles. The van der Waals surface area contributed by atoms with Gasteiger partial charge in [0.1, 0.15) is 18.7 Å². The van der Waals surface area contributed by atoms with Crippen LogP contribution in [0.3, 0.4) is 0 Å². The van der Waals surface area contributed by atoms with Gasteiger partial charge in [-0.25, -0.2) is 0 Å². The predicted octanol–water partition coefficient (Wildman–Crippen LogP) is 2.73. The number of ether oxygens (including phenoxy) is 1. The number of pyridine rings is 1. The van der Waals surface area contributed by atoms with Crippen LogP contribution in [0.15, 0.2) is 36.5 Å². The second-order valence-electron chi connectivity index (χ2n) is 9.83. The molecular formula is C25H29N3O4. The lowest BCUT2D eigenvalue weighted by molar-refractivity contribution is -0.140. The van der Waals surface area contributed by atoms with E-state index < -0.39 is 12.1 Å². The molecule has 2 aliphatic heterocycles. The zero-order valence-electron chi connectivity index (χ0n) is 18.5. The van der Waals surface area contributed by atoms with Gasteiger partial charge < -0.3 is 15.0 Å². The van der Waals surface area contributed by atoms with Crippen LogP contribution in [0.25, 0.3) is 10.9 Å². The lowest BCUT2D eigenvalue weighted by Crippen LogP contribution is -2.57. The van der Waals surface area contributed by atoms with Gasteiger partial charge in [0.05, 0.1) is 11.6 Å². The summed E-state index contributed by atoms with van der Waals surface area (Å²) in [7, 11) is 0. The Bertz CT molecular complexity index is 1080. The van der Waals surface area contributed by atoms with E-state index in [1.165, 1.54) is 0 Å². The van der Waals surface area contributed by atoms with E-state index in [-0.39, 0.29) is 41.6 Å². The van der Waals surface area contributed by atoms with E-state index in [1.807, 2.05) is 25.1 Å². The highest BCUT2D eigenvalue weighted by Crippen LogP contribution is 2.42. The van der Waals surface area contributed by atoms with Crippen molar-refractivity contribution in [1.29, 1.82) is 0 Å². The topological polar surface area (TPSA) is 88.6 Å². The molecule has 0 spiro atoms. The zero-order valence-corrected chi connectivity index (χ0v) is 18.5. The Balaban J connectivity index is 1.44. The van der Waals surface area contributed by atoms with Crippen LogP contribution in [0.2, 0.25) is 0 Å². The molecule has 1 N–H and O–H groups in total. The molecule has 0 unspecified atom stereocenters. The molecule has 2 saturated heterocycles. The number of ketones is 1. The summed E-state index contributed by atoms with van der Waals surface area (Å²) in [6, 6.07) is 7.90. The molecule has 7 nitrogen and oxygen atoms in total. The fourth-order valence-electron chi connectivity index (χ4n) is 5.72. The first kappa shape index (κ1) is 21.1. The summed E-state index contributed by atoms with van der Waals surface area (Å²) in [5.41, 5.74) is 0.976. The van der Waals surface area contributed by atoms with Crippen LogP contribution < -0.4 is 5.32 Å². The molecule has 2 aromatic rings. The first-order chi connectivity index (χ1) is 15.4. The fraction of sp³-hybridized carbons (Fsp3) is 0.520. The number of Topliss-reactive ketones (excluding diaryl/α,β-unsaturated/α-hetero) is 1. The van der Waals surface area contributed by atoms with Crippen molar-refractivity contribution in [3.8, 4) is 0 Å². The number of benzene rings is 1. The first-order valence-electron chi connectivity index (χ1n) is 11.5. The quantitative estimate of drug-likeness (QED) is 0.798. The molecule has 3 fully saturated rings. The average molecular weight is 436 g/mol. The van der Waals surface area contributed by atoms with Crippen LogP contribution in [-0.2, 0) is 14.3 Å². The molecule has 1 saturated carbocycles. The average Bonchev–Trinajstić information content (AvgIpc) is 3.49. The normalized spacial score (nSPS) is 27.5. The Morgan fingerprint density at radius 3 is 2.81 bits per heavy atom. The van der Waals surface area contributed by atoms with Crippen molar-refractivity contribution in [1.82, 2.24) is 15.2 Å². The van der Waals surface area contributed by atoms with E-state index in [0.29, 0.717) is 12.1 Å². The van der Waals surface area contributed by atoms with Crippen LogP contribution in [0.1, 0.15) is 49.9 Å². The summed E-state index contributed by atoms with van der Waals surface area (Å²) in [4.78, 5) is 45.6. The number of amides is 2. The number of carbonyl (C=O) groups is 3. The minimum atomic E-state index is -0.679. The summed E-state index contributed by atoms with van der Waals surface area (Å²) in [6.45, 7) is 4.63. The van der Waals surface area contributed by atoms with E-state index in [9.17, 15) is 14.4 Å². The van der Waals surface area contributed by atoms with Crippen LogP contribution in [-0.4, -0.2) is 58.8 Å². The lowest BCUT2D eigenvalue weighted by atomic mass is 9.79. The maximum Gasteiger partial charge on any atom is 0.251 e. The summed E-state index contributed by atoms with van der Waals surface area (Å²) in [5.74, 6) is -0.393. The predicted molar refractivity (Wildman–Crippen MR) is 119 cm³/mol. The van der Waals surface area contributed by atoms with Gasteiger partial charge in [0.25, 0.3) is 5.91 Å². The van der Waals surface area contributed by atoms with Gasteiger partial charge >= 0.3 is 0 Å². The molecule has 4 atom stereocenters. The van der Waals surface area contributed by atoms with E-state index in [4.69, 9.17) is 4.74 Å². The van der Waals surface area contributed by atoms with Gasteiger partial charge in [-0.1, -0.05) is 32.8 Å². The molecule has 2 amide bonds. The maximum atomic E-state index is 13.8. The number of hydrogen-bond acceptors (Lipinski definition) is 5. The fourth-order valence-corrected chi connectivity index (χ4v) is 5.72. The van der Waals surface area contributed by atoms with Gasteiger partial charge in [0.15, 0.2) is 5.78 Å². The van der Waals surface area contributed by atoms with Gasteiger partial charge in [-0.3, -0.25) is 19.4 Å². The smallest absolute Gasteiger partial charge is 0.251 e. The highest BCUT2D eigenvalue weighted by molar-refractivity contribution is 6.01. The number of nitrogens with one attached hydrogen (secondary N) is 1. The summed E-state index contributed by atoms with van der Waals surface area (Å²) in [6.07, 6.45) is 5.27. The zero-order chi connectivity index (χ0) is 22.5. The minimum absolute atomic E-state index is 0.0450. The van der Waals surface area contributed by atoms with Gasteiger partial charge in [-0.15, -0.1) is 0 Å². The Morgan fingerprint density at radius 2 is 2.03 bits per heavy atom. The summed E-state index contributed by atoms with van der Waals surface area (Å²) in [5, 5.41) is 3.94. The Labute approximate surface area is 187 Å². The van der Waals surface area contributed by atoms with Crippen molar-refractivity contribution in [3.63, 3.8) is 0 Å². The number of likely N-dealkylation sites (tertiary alicyclic amines) is 1.